The van der Waals surface area contributed by atoms with Gasteiger partial charge in [0.15, 0.2) is 10.8 Å². The van der Waals surface area contributed by atoms with Gasteiger partial charge < -0.3 is 5.32 Å². The summed E-state index contributed by atoms with van der Waals surface area (Å²) in [7, 11) is 0. The summed E-state index contributed by atoms with van der Waals surface area (Å²) in [5.74, 6) is -2.01. The van der Waals surface area contributed by atoms with Crippen LogP contribution in [0.25, 0.3) is 5.65 Å². The van der Waals surface area contributed by atoms with Crippen LogP contribution in [0.15, 0.2) is 35.6 Å². The molecule has 1 N–H and O–H groups in total. The highest BCUT2D eigenvalue weighted by Crippen LogP contribution is 2.33. The highest BCUT2D eigenvalue weighted by Gasteiger charge is 2.32. The van der Waals surface area contributed by atoms with Crippen LogP contribution in [0.1, 0.15) is 5.56 Å². The van der Waals surface area contributed by atoms with Gasteiger partial charge in [-0.25, -0.2) is 0 Å². The number of nitrogens with one attached hydrogen (secondary N) is 1. The number of carbonyl (C=O) groups is 1. The Hall–Kier alpha value is -2.93. The third-order valence-corrected chi connectivity index (χ3v) is 4.74. The van der Waals surface area contributed by atoms with Crippen LogP contribution < -0.4 is 5.32 Å². The number of nitro benzene ring substituents is 1. The summed E-state index contributed by atoms with van der Waals surface area (Å²) in [6.07, 6.45) is -3.89. The van der Waals surface area contributed by atoms with Crippen molar-refractivity contribution < 1.29 is 27.3 Å². The van der Waals surface area contributed by atoms with Crippen molar-refractivity contribution in [2.24, 2.45) is 0 Å². The van der Waals surface area contributed by atoms with E-state index in [9.17, 15) is 32.5 Å². The molecule has 0 bridgehead atoms. The summed E-state index contributed by atoms with van der Waals surface area (Å²) < 4.78 is 53.2. The lowest BCUT2D eigenvalue weighted by atomic mass is 10.2. The van der Waals surface area contributed by atoms with Crippen molar-refractivity contribution >= 4 is 46.3 Å². The highest BCUT2D eigenvalue weighted by atomic mass is 35.5. The quantitative estimate of drug-likeness (QED) is 0.271. The molecule has 2 heterocycles. The number of alkyl halides is 3. The summed E-state index contributed by atoms with van der Waals surface area (Å²) >= 11 is 6.58. The first-order chi connectivity index (χ1) is 13.6. The van der Waals surface area contributed by atoms with Crippen molar-refractivity contribution in [1.29, 1.82) is 0 Å². The number of halogens is 5. The van der Waals surface area contributed by atoms with Crippen molar-refractivity contribution in [2.75, 3.05) is 11.1 Å². The molecule has 0 atom stereocenters. The first-order valence-corrected chi connectivity index (χ1v) is 8.90. The summed E-state index contributed by atoms with van der Waals surface area (Å²) in [6, 6.07) is 3.52. The number of hydrogen-bond acceptors (Lipinski definition) is 6. The van der Waals surface area contributed by atoms with E-state index in [0.717, 1.165) is 40.6 Å². The topological polar surface area (TPSA) is 102 Å². The lowest BCUT2D eigenvalue weighted by Gasteiger charge is -2.09. The fourth-order valence-electron chi connectivity index (χ4n) is 2.24. The Bertz CT molecular complexity index is 1120. The van der Waals surface area contributed by atoms with E-state index >= 15 is 0 Å². The molecule has 0 saturated heterocycles. The smallest absolute Gasteiger partial charge is 0.325 e. The Morgan fingerprint density at radius 3 is 2.69 bits per heavy atom. The van der Waals surface area contributed by atoms with E-state index in [-0.39, 0.29) is 27.3 Å². The maximum Gasteiger partial charge on any atom is 0.417 e. The van der Waals surface area contributed by atoms with Gasteiger partial charge in [0.2, 0.25) is 11.7 Å². The van der Waals surface area contributed by atoms with Crippen molar-refractivity contribution in [3.8, 4) is 0 Å². The summed E-state index contributed by atoms with van der Waals surface area (Å²) in [5, 5.41) is 20.2. The minimum Gasteiger partial charge on any atom is -0.325 e. The van der Waals surface area contributed by atoms with Gasteiger partial charge >= 0.3 is 11.9 Å². The van der Waals surface area contributed by atoms with Crippen LogP contribution in [0, 0.1) is 15.9 Å². The third-order valence-electron chi connectivity index (χ3n) is 3.51. The minimum absolute atomic E-state index is 0.0165. The number of pyridine rings is 1. The molecule has 0 aliphatic carbocycles. The molecular formula is C15H8ClF4N5O3S. The number of rotatable bonds is 5. The van der Waals surface area contributed by atoms with Gasteiger partial charge in [-0.15, -0.1) is 10.2 Å². The van der Waals surface area contributed by atoms with Crippen LogP contribution in [0.2, 0.25) is 5.02 Å². The average molecular weight is 450 g/mol. The molecule has 3 aromatic rings. The second kappa shape index (κ2) is 7.83. The van der Waals surface area contributed by atoms with Crippen LogP contribution in [-0.2, 0) is 11.0 Å². The zero-order valence-electron chi connectivity index (χ0n) is 13.9. The predicted molar refractivity (Wildman–Crippen MR) is 95.4 cm³/mol. The first-order valence-electron chi connectivity index (χ1n) is 7.54. The monoisotopic (exact) mass is 449 g/mol. The maximum atomic E-state index is 13.3. The van der Waals surface area contributed by atoms with E-state index in [1.165, 1.54) is 0 Å². The fraction of sp³-hybridized carbons (Fsp3) is 0.133. The summed E-state index contributed by atoms with van der Waals surface area (Å²) in [4.78, 5) is 21.8. The van der Waals surface area contributed by atoms with Gasteiger partial charge in [0.25, 0.3) is 0 Å². The van der Waals surface area contributed by atoms with E-state index < -0.39 is 34.1 Å². The van der Waals surface area contributed by atoms with Crippen LogP contribution in [-0.4, -0.2) is 31.2 Å². The van der Waals surface area contributed by atoms with E-state index in [1.54, 1.807) is 0 Å². The van der Waals surface area contributed by atoms with Crippen LogP contribution >= 0.6 is 23.4 Å². The Balaban J connectivity index is 1.75. The maximum absolute atomic E-state index is 13.3. The van der Waals surface area contributed by atoms with E-state index in [4.69, 9.17) is 11.6 Å². The largest absolute Gasteiger partial charge is 0.417 e. The van der Waals surface area contributed by atoms with Gasteiger partial charge in [-0.1, -0.05) is 23.4 Å². The number of fused-ring (bicyclic) bond motifs is 1. The summed E-state index contributed by atoms with van der Waals surface area (Å²) in [6.45, 7) is 0. The Labute approximate surface area is 168 Å². The second-order valence-corrected chi connectivity index (χ2v) is 6.86. The molecule has 14 heteroatoms. The van der Waals surface area contributed by atoms with Crippen molar-refractivity contribution in [2.45, 2.75) is 11.3 Å². The number of thioether (sulfide) groups is 1. The zero-order chi connectivity index (χ0) is 21.3. The SMILES string of the molecule is O=C(CSc1nnc2c(Cl)cc(C(F)(F)F)cn12)Nc1ccc(F)c([N+](=O)[O-])c1. The van der Waals surface area contributed by atoms with Gasteiger partial charge in [-0.3, -0.25) is 19.3 Å². The van der Waals surface area contributed by atoms with Crippen molar-refractivity contribution in [3.05, 3.63) is 57.0 Å². The Morgan fingerprint density at radius 1 is 1.31 bits per heavy atom. The molecule has 8 nitrogen and oxygen atoms in total. The Kier molecular flexibility index (Phi) is 5.61. The molecule has 152 valence electrons. The lowest BCUT2D eigenvalue weighted by molar-refractivity contribution is -0.387. The fourth-order valence-corrected chi connectivity index (χ4v) is 3.20. The molecular weight excluding hydrogens is 442 g/mol. The number of aromatic nitrogens is 3. The third kappa shape index (κ3) is 4.56. The van der Waals surface area contributed by atoms with Gasteiger partial charge in [0.05, 0.1) is 21.3 Å². The molecule has 1 amide bonds. The number of hydrogen-bond donors (Lipinski definition) is 1. The molecule has 1 aromatic carbocycles. The molecule has 0 saturated carbocycles. The number of nitrogens with zero attached hydrogens (tertiary/aromatic N) is 4. The number of anilines is 1. The zero-order valence-corrected chi connectivity index (χ0v) is 15.5. The van der Waals surface area contributed by atoms with E-state index in [2.05, 4.69) is 15.5 Å². The molecule has 0 aliphatic rings. The second-order valence-electron chi connectivity index (χ2n) is 5.51. The molecule has 0 spiro atoms. The summed E-state index contributed by atoms with van der Waals surface area (Å²) in [5.41, 5.74) is -1.86. The Morgan fingerprint density at radius 2 is 2.03 bits per heavy atom. The molecule has 0 fully saturated rings. The first kappa shape index (κ1) is 20.8. The highest BCUT2D eigenvalue weighted by molar-refractivity contribution is 7.99. The van der Waals surface area contributed by atoms with E-state index in [1.807, 2.05) is 0 Å². The van der Waals surface area contributed by atoms with Gasteiger partial charge in [0, 0.05) is 18.0 Å². The van der Waals surface area contributed by atoms with Crippen LogP contribution in [0.4, 0.5) is 28.9 Å². The van der Waals surface area contributed by atoms with Gasteiger partial charge in [-0.05, 0) is 18.2 Å². The van der Waals surface area contributed by atoms with Gasteiger partial charge in [-0.2, -0.15) is 17.6 Å². The number of benzene rings is 1. The van der Waals surface area contributed by atoms with Gasteiger partial charge in [0.1, 0.15) is 0 Å². The van der Waals surface area contributed by atoms with Crippen molar-refractivity contribution in [1.82, 2.24) is 14.6 Å². The molecule has 3 rings (SSSR count). The van der Waals surface area contributed by atoms with E-state index in [0.29, 0.717) is 6.07 Å². The molecule has 2 aromatic heterocycles. The molecule has 0 radical (unpaired) electrons. The molecule has 29 heavy (non-hydrogen) atoms. The number of amides is 1. The molecule has 0 aliphatic heterocycles. The standard InChI is InChI=1S/C15H8ClF4N5O3S/c16-9-3-7(15(18,19)20)5-24-13(9)22-23-14(24)29-6-12(26)21-8-1-2-10(17)11(4-8)25(27)28/h1-5H,6H2,(H,21,26). The van der Waals surface area contributed by atoms with Crippen molar-refractivity contribution in [3.63, 3.8) is 0 Å². The number of carbonyl (C=O) groups excluding carboxylic acids is 1. The molecule has 0 unspecified atom stereocenters. The normalized spacial score (nSPS) is 11.6. The van der Waals surface area contributed by atoms with Crippen LogP contribution in [0.5, 0.6) is 0 Å². The number of nitro groups is 1. The van der Waals surface area contributed by atoms with Crippen LogP contribution in [0.3, 0.4) is 0 Å². The predicted octanol–water partition coefficient (Wildman–Crippen LogP) is 4.18. The minimum atomic E-state index is -4.64. The average Bonchev–Trinajstić information content (AvgIpc) is 3.04. The lowest BCUT2D eigenvalue weighted by Crippen LogP contribution is -2.14.